The zero-order valence-electron chi connectivity index (χ0n) is 16.6. The molecule has 3 rings (SSSR count). The normalized spacial score (nSPS) is 14.8. The van der Waals surface area contributed by atoms with E-state index in [0.29, 0.717) is 18.9 Å². The van der Waals surface area contributed by atoms with Gasteiger partial charge in [0.15, 0.2) is 0 Å². The lowest BCUT2D eigenvalue weighted by Gasteiger charge is -2.32. The number of aryl methyl sites for hydroxylation is 2. The van der Waals surface area contributed by atoms with E-state index in [4.69, 9.17) is 0 Å². The Hall–Kier alpha value is -2.63. The van der Waals surface area contributed by atoms with E-state index in [0.717, 1.165) is 56.4 Å². The van der Waals surface area contributed by atoms with Gasteiger partial charge >= 0.3 is 0 Å². The van der Waals surface area contributed by atoms with Crippen LogP contribution in [-0.4, -0.2) is 46.1 Å². The largest absolute Gasteiger partial charge is 0.356 e. The maximum absolute atomic E-state index is 12.7. The third kappa shape index (κ3) is 5.68. The fourth-order valence-electron chi connectivity index (χ4n) is 3.73. The van der Waals surface area contributed by atoms with E-state index in [2.05, 4.69) is 10.4 Å². The Bertz CT molecular complexity index is 765. The minimum absolute atomic E-state index is 0.124. The predicted molar refractivity (Wildman–Crippen MR) is 109 cm³/mol. The molecule has 1 aliphatic rings. The van der Waals surface area contributed by atoms with E-state index in [1.807, 2.05) is 53.0 Å². The van der Waals surface area contributed by atoms with Gasteiger partial charge in [0.05, 0.1) is 0 Å². The van der Waals surface area contributed by atoms with Gasteiger partial charge in [0.25, 0.3) is 5.91 Å². The van der Waals surface area contributed by atoms with Crippen LogP contribution >= 0.6 is 0 Å². The van der Waals surface area contributed by atoms with Gasteiger partial charge in [-0.2, -0.15) is 5.10 Å². The molecule has 1 aromatic heterocycles. The van der Waals surface area contributed by atoms with Gasteiger partial charge in [0.2, 0.25) is 5.91 Å². The quantitative estimate of drug-likeness (QED) is 0.714. The number of piperidine rings is 1. The van der Waals surface area contributed by atoms with Gasteiger partial charge in [0.1, 0.15) is 0 Å². The Balaban J connectivity index is 1.31. The van der Waals surface area contributed by atoms with Crippen LogP contribution in [0.4, 0.5) is 0 Å². The number of hydrogen-bond acceptors (Lipinski definition) is 3. The maximum atomic E-state index is 12.7. The van der Waals surface area contributed by atoms with E-state index >= 15 is 0 Å². The average Bonchev–Trinajstić information content (AvgIpc) is 3.23. The van der Waals surface area contributed by atoms with Crippen molar-refractivity contribution in [3.63, 3.8) is 0 Å². The molecule has 1 saturated heterocycles. The number of carbonyl (C=O) groups excluding carboxylic acids is 2. The summed E-state index contributed by atoms with van der Waals surface area (Å²) in [4.78, 5) is 26.7. The van der Waals surface area contributed by atoms with Crippen LogP contribution in [0, 0.1) is 12.8 Å². The van der Waals surface area contributed by atoms with Gasteiger partial charge in [-0.1, -0.05) is 18.2 Å². The van der Waals surface area contributed by atoms with Gasteiger partial charge in [-0.3, -0.25) is 14.3 Å². The lowest BCUT2D eigenvalue weighted by Crippen LogP contribution is -2.39. The Morgan fingerprint density at radius 2 is 1.96 bits per heavy atom. The van der Waals surface area contributed by atoms with Crippen molar-refractivity contribution in [2.24, 2.45) is 5.92 Å². The monoisotopic (exact) mass is 382 g/mol. The molecule has 0 spiro atoms. The molecular weight excluding hydrogens is 352 g/mol. The van der Waals surface area contributed by atoms with Crippen LogP contribution in [-0.2, 0) is 11.3 Å². The molecule has 0 radical (unpaired) electrons. The number of rotatable bonds is 8. The van der Waals surface area contributed by atoms with Crippen LogP contribution in [0.15, 0.2) is 42.7 Å². The topological polar surface area (TPSA) is 67.2 Å². The maximum Gasteiger partial charge on any atom is 0.254 e. The SMILES string of the molecule is Cc1ccccc1C(=O)N1CCC(CCC(=O)NCCCn2cccn2)CC1. The summed E-state index contributed by atoms with van der Waals surface area (Å²) in [7, 11) is 0. The first kappa shape index (κ1) is 20.1. The van der Waals surface area contributed by atoms with Gasteiger partial charge in [-0.05, 0) is 56.2 Å². The van der Waals surface area contributed by atoms with Crippen LogP contribution in [0.5, 0.6) is 0 Å². The molecule has 0 aliphatic carbocycles. The van der Waals surface area contributed by atoms with Crippen LogP contribution in [0.25, 0.3) is 0 Å². The first-order chi connectivity index (χ1) is 13.6. The van der Waals surface area contributed by atoms with Gasteiger partial charge < -0.3 is 10.2 Å². The smallest absolute Gasteiger partial charge is 0.254 e. The fourth-order valence-corrected chi connectivity index (χ4v) is 3.73. The van der Waals surface area contributed by atoms with Crippen LogP contribution < -0.4 is 5.32 Å². The molecule has 0 atom stereocenters. The third-order valence-electron chi connectivity index (χ3n) is 5.50. The Kier molecular flexibility index (Phi) is 7.23. The number of aromatic nitrogens is 2. The lowest BCUT2D eigenvalue weighted by molar-refractivity contribution is -0.121. The lowest BCUT2D eigenvalue weighted by atomic mass is 9.91. The molecule has 1 N–H and O–H groups in total. The number of hydrogen-bond donors (Lipinski definition) is 1. The van der Waals surface area contributed by atoms with E-state index < -0.39 is 0 Å². The van der Waals surface area contributed by atoms with E-state index in [1.54, 1.807) is 6.20 Å². The summed E-state index contributed by atoms with van der Waals surface area (Å²) in [5, 5.41) is 7.14. The molecule has 1 aromatic carbocycles. The molecule has 1 aliphatic heterocycles. The van der Waals surface area contributed by atoms with Crippen molar-refractivity contribution in [1.82, 2.24) is 20.0 Å². The fraction of sp³-hybridized carbons (Fsp3) is 0.500. The molecule has 150 valence electrons. The van der Waals surface area contributed by atoms with Crippen molar-refractivity contribution in [1.29, 1.82) is 0 Å². The Labute approximate surface area is 166 Å². The highest BCUT2D eigenvalue weighted by molar-refractivity contribution is 5.95. The first-order valence-corrected chi connectivity index (χ1v) is 10.2. The summed E-state index contributed by atoms with van der Waals surface area (Å²) in [6.07, 6.45) is 7.99. The summed E-state index contributed by atoms with van der Waals surface area (Å²) >= 11 is 0. The zero-order chi connectivity index (χ0) is 19.8. The molecule has 0 bridgehead atoms. The van der Waals surface area contributed by atoms with Gasteiger partial charge in [-0.15, -0.1) is 0 Å². The Morgan fingerprint density at radius 3 is 2.68 bits per heavy atom. The van der Waals surface area contributed by atoms with E-state index in [9.17, 15) is 9.59 Å². The Morgan fingerprint density at radius 1 is 1.18 bits per heavy atom. The predicted octanol–water partition coefficient (Wildman–Crippen LogP) is 3.03. The minimum Gasteiger partial charge on any atom is -0.356 e. The van der Waals surface area contributed by atoms with Crippen molar-refractivity contribution in [2.45, 2.75) is 45.6 Å². The second kappa shape index (κ2) is 10.1. The number of benzene rings is 1. The number of amides is 2. The summed E-state index contributed by atoms with van der Waals surface area (Å²) < 4.78 is 1.87. The van der Waals surface area contributed by atoms with Crippen LogP contribution in [0.3, 0.4) is 0 Å². The second-order valence-corrected chi connectivity index (χ2v) is 7.56. The number of nitrogens with zero attached hydrogens (tertiary/aromatic N) is 3. The highest BCUT2D eigenvalue weighted by Gasteiger charge is 2.24. The molecular formula is C22H30N4O2. The standard InChI is InChI=1S/C22H30N4O2/c1-18-6-2-3-7-20(18)22(28)25-16-10-19(11-17-25)8-9-21(27)23-12-4-14-26-15-5-13-24-26/h2-3,5-7,13,15,19H,4,8-12,14,16-17H2,1H3,(H,23,27). The molecule has 2 heterocycles. The number of carbonyl (C=O) groups is 2. The van der Waals surface area contributed by atoms with Crippen molar-refractivity contribution in [3.8, 4) is 0 Å². The van der Waals surface area contributed by atoms with Crippen molar-refractivity contribution >= 4 is 11.8 Å². The highest BCUT2D eigenvalue weighted by Crippen LogP contribution is 2.23. The first-order valence-electron chi connectivity index (χ1n) is 10.2. The van der Waals surface area contributed by atoms with Gasteiger partial charge in [-0.25, -0.2) is 0 Å². The highest BCUT2D eigenvalue weighted by atomic mass is 16.2. The van der Waals surface area contributed by atoms with Crippen molar-refractivity contribution < 1.29 is 9.59 Å². The molecule has 6 nitrogen and oxygen atoms in total. The van der Waals surface area contributed by atoms with Crippen molar-refractivity contribution in [2.75, 3.05) is 19.6 Å². The summed E-state index contributed by atoms with van der Waals surface area (Å²) in [5.74, 6) is 0.779. The minimum atomic E-state index is 0.124. The average molecular weight is 383 g/mol. The summed E-state index contributed by atoms with van der Waals surface area (Å²) in [5.41, 5.74) is 1.83. The van der Waals surface area contributed by atoms with Crippen LogP contribution in [0.1, 0.15) is 48.0 Å². The van der Waals surface area contributed by atoms with E-state index in [-0.39, 0.29) is 11.8 Å². The molecule has 6 heteroatoms. The van der Waals surface area contributed by atoms with Crippen LogP contribution in [0.2, 0.25) is 0 Å². The number of likely N-dealkylation sites (tertiary alicyclic amines) is 1. The van der Waals surface area contributed by atoms with Crippen molar-refractivity contribution in [3.05, 3.63) is 53.9 Å². The molecule has 2 amide bonds. The third-order valence-corrected chi connectivity index (χ3v) is 5.50. The van der Waals surface area contributed by atoms with E-state index in [1.165, 1.54) is 0 Å². The molecule has 0 unspecified atom stereocenters. The second-order valence-electron chi connectivity index (χ2n) is 7.56. The van der Waals surface area contributed by atoms with Gasteiger partial charge in [0, 0.05) is 50.6 Å². The summed E-state index contributed by atoms with van der Waals surface area (Å²) in [6.45, 7) is 5.04. The molecule has 28 heavy (non-hydrogen) atoms. The molecule has 1 fully saturated rings. The zero-order valence-corrected chi connectivity index (χ0v) is 16.6. The molecule has 2 aromatic rings. The number of nitrogens with one attached hydrogen (secondary N) is 1. The molecule has 0 saturated carbocycles. The summed E-state index contributed by atoms with van der Waals surface area (Å²) in [6, 6.07) is 9.66.